The lowest BCUT2D eigenvalue weighted by molar-refractivity contribution is -0.124. The van der Waals surface area contributed by atoms with Gasteiger partial charge in [-0.15, -0.1) is 0 Å². The minimum Gasteiger partial charge on any atom is -0.495 e. The average Bonchev–Trinajstić information content (AvgIpc) is 2.81. The molecule has 96 valence electrons. The number of hydrogen-bond donors (Lipinski definition) is 2. The van der Waals surface area contributed by atoms with E-state index < -0.39 is 0 Å². The highest BCUT2D eigenvalue weighted by Gasteiger charge is 2.42. The van der Waals surface area contributed by atoms with Gasteiger partial charge in [0.1, 0.15) is 11.4 Å². The maximum Gasteiger partial charge on any atom is 0.232 e. The summed E-state index contributed by atoms with van der Waals surface area (Å²) in [4.78, 5) is 12.4. The molecule has 2 N–H and O–H groups in total. The number of fused-ring (bicyclic) bond motifs is 1. The highest BCUT2D eigenvalue weighted by molar-refractivity contribution is 6.01. The van der Waals surface area contributed by atoms with Crippen LogP contribution in [0.15, 0.2) is 18.2 Å². The van der Waals surface area contributed by atoms with Gasteiger partial charge in [0, 0.05) is 6.54 Å². The van der Waals surface area contributed by atoms with E-state index in [0.717, 1.165) is 42.8 Å². The fourth-order valence-corrected chi connectivity index (χ4v) is 3.04. The van der Waals surface area contributed by atoms with Crippen molar-refractivity contribution in [3.05, 3.63) is 18.2 Å². The van der Waals surface area contributed by atoms with Gasteiger partial charge < -0.3 is 15.4 Å². The van der Waals surface area contributed by atoms with Crippen LogP contribution in [0.3, 0.4) is 0 Å². The van der Waals surface area contributed by atoms with Crippen LogP contribution in [0.25, 0.3) is 0 Å². The SMILES string of the molecule is COc1cccc2c1NCC1(CCCC1)C(=O)N2. The molecule has 1 aromatic rings. The number of para-hydroxylation sites is 1. The van der Waals surface area contributed by atoms with Gasteiger partial charge in [-0.1, -0.05) is 18.9 Å². The van der Waals surface area contributed by atoms with E-state index >= 15 is 0 Å². The Bertz CT molecular complexity index is 479. The Hall–Kier alpha value is -1.71. The van der Waals surface area contributed by atoms with Gasteiger partial charge in [0.2, 0.25) is 5.91 Å². The monoisotopic (exact) mass is 246 g/mol. The van der Waals surface area contributed by atoms with Crippen LogP contribution in [0.4, 0.5) is 11.4 Å². The zero-order chi connectivity index (χ0) is 12.6. The lowest BCUT2D eigenvalue weighted by Gasteiger charge is -2.24. The minimum atomic E-state index is -0.232. The molecule has 4 heteroatoms. The fraction of sp³-hybridized carbons (Fsp3) is 0.500. The molecule has 1 spiro atoms. The van der Waals surface area contributed by atoms with Gasteiger partial charge >= 0.3 is 0 Å². The third-order valence-electron chi connectivity index (χ3n) is 4.14. The molecule has 18 heavy (non-hydrogen) atoms. The molecule has 0 saturated heterocycles. The van der Waals surface area contributed by atoms with E-state index in [9.17, 15) is 4.79 Å². The molecule has 1 amide bonds. The smallest absolute Gasteiger partial charge is 0.232 e. The summed E-state index contributed by atoms with van der Waals surface area (Å²) in [6.45, 7) is 0.701. The summed E-state index contributed by atoms with van der Waals surface area (Å²) < 4.78 is 5.34. The molecule has 1 aliphatic carbocycles. The van der Waals surface area contributed by atoms with E-state index in [4.69, 9.17) is 4.74 Å². The van der Waals surface area contributed by atoms with Gasteiger partial charge in [-0.05, 0) is 25.0 Å². The Morgan fingerprint density at radius 1 is 1.28 bits per heavy atom. The number of methoxy groups -OCH3 is 1. The Morgan fingerprint density at radius 2 is 2.06 bits per heavy atom. The average molecular weight is 246 g/mol. The van der Waals surface area contributed by atoms with Crippen molar-refractivity contribution in [3.63, 3.8) is 0 Å². The number of rotatable bonds is 1. The van der Waals surface area contributed by atoms with Gasteiger partial charge in [-0.25, -0.2) is 0 Å². The van der Waals surface area contributed by atoms with Crippen molar-refractivity contribution in [1.29, 1.82) is 0 Å². The lowest BCUT2D eigenvalue weighted by atomic mass is 9.85. The molecular weight excluding hydrogens is 228 g/mol. The van der Waals surface area contributed by atoms with Crippen LogP contribution in [-0.4, -0.2) is 19.6 Å². The second kappa shape index (κ2) is 4.19. The van der Waals surface area contributed by atoms with Gasteiger partial charge in [0.25, 0.3) is 0 Å². The second-order valence-corrected chi connectivity index (χ2v) is 5.18. The number of benzene rings is 1. The van der Waals surface area contributed by atoms with Crippen LogP contribution in [0.5, 0.6) is 5.75 Å². The van der Waals surface area contributed by atoms with Crippen LogP contribution in [0, 0.1) is 5.41 Å². The number of nitrogens with one attached hydrogen (secondary N) is 2. The van der Waals surface area contributed by atoms with Crippen molar-refractivity contribution in [3.8, 4) is 5.75 Å². The van der Waals surface area contributed by atoms with Crippen LogP contribution < -0.4 is 15.4 Å². The predicted octanol–water partition coefficient (Wildman–Crippen LogP) is 2.62. The highest BCUT2D eigenvalue weighted by Crippen LogP contribution is 2.44. The number of anilines is 2. The molecule has 2 aliphatic rings. The topological polar surface area (TPSA) is 50.4 Å². The third-order valence-corrected chi connectivity index (χ3v) is 4.14. The van der Waals surface area contributed by atoms with E-state index in [1.165, 1.54) is 0 Å². The molecule has 0 radical (unpaired) electrons. The van der Waals surface area contributed by atoms with E-state index in [1.54, 1.807) is 7.11 Å². The van der Waals surface area contributed by atoms with Crippen molar-refractivity contribution >= 4 is 17.3 Å². The van der Waals surface area contributed by atoms with Gasteiger partial charge in [0.05, 0.1) is 18.2 Å². The minimum absolute atomic E-state index is 0.152. The van der Waals surface area contributed by atoms with Crippen LogP contribution in [0.1, 0.15) is 25.7 Å². The van der Waals surface area contributed by atoms with Crippen molar-refractivity contribution in [2.24, 2.45) is 5.41 Å². The molecule has 0 aromatic heterocycles. The summed E-state index contributed by atoms with van der Waals surface area (Å²) in [7, 11) is 1.65. The Morgan fingerprint density at radius 3 is 2.78 bits per heavy atom. The number of ether oxygens (including phenoxy) is 1. The number of carbonyl (C=O) groups excluding carboxylic acids is 1. The number of carbonyl (C=O) groups is 1. The first-order valence-electron chi connectivity index (χ1n) is 6.47. The normalized spacial score (nSPS) is 20.8. The van der Waals surface area contributed by atoms with Crippen molar-refractivity contribution < 1.29 is 9.53 Å². The Kier molecular flexibility index (Phi) is 2.65. The Labute approximate surface area is 107 Å². The molecule has 1 heterocycles. The van der Waals surface area contributed by atoms with Crippen LogP contribution in [-0.2, 0) is 4.79 Å². The highest BCUT2D eigenvalue weighted by atomic mass is 16.5. The first-order chi connectivity index (χ1) is 8.75. The molecule has 1 aromatic carbocycles. The summed E-state index contributed by atoms with van der Waals surface area (Å²) in [6.07, 6.45) is 4.23. The number of amides is 1. The molecule has 3 rings (SSSR count). The van der Waals surface area contributed by atoms with E-state index in [0.29, 0.717) is 6.54 Å². The summed E-state index contributed by atoms with van der Waals surface area (Å²) in [5.74, 6) is 0.933. The van der Waals surface area contributed by atoms with Gasteiger partial charge in [-0.2, -0.15) is 0 Å². The summed E-state index contributed by atoms with van der Waals surface area (Å²) in [6, 6.07) is 5.72. The van der Waals surface area contributed by atoms with Gasteiger partial charge in [0.15, 0.2) is 0 Å². The molecular formula is C14H18N2O2. The lowest BCUT2D eigenvalue weighted by Crippen LogP contribution is -2.37. The summed E-state index contributed by atoms with van der Waals surface area (Å²) in [5, 5.41) is 6.45. The standard InChI is InChI=1S/C14H18N2O2/c1-18-11-6-4-5-10-12(11)15-9-14(13(17)16-10)7-2-3-8-14/h4-6,15H,2-3,7-9H2,1H3,(H,16,17). The van der Waals surface area contributed by atoms with E-state index in [1.807, 2.05) is 18.2 Å². The summed E-state index contributed by atoms with van der Waals surface area (Å²) >= 11 is 0. The van der Waals surface area contributed by atoms with Gasteiger partial charge in [-0.3, -0.25) is 4.79 Å². The third kappa shape index (κ3) is 1.64. The first kappa shape index (κ1) is 11.4. The molecule has 0 atom stereocenters. The molecule has 1 saturated carbocycles. The zero-order valence-electron chi connectivity index (χ0n) is 10.6. The van der Waals surface area contributed by atoms with Crippen molar-refractivity contribution in [1.82, 2.24) is 0 Å². The first-order valence-corrected chi connectivity index (χ1v) is 6.47. The second-order valence-electron chi connectivity index (χ2n) is 5.18. The fourth-order valence-electron chi connectivity index (χ4n) is 3.04. The predicted molar refractivity (Wildman–Crippen MR) is 71.0 cm³/mol. The van der Waals surface area contributed by atoms with Crippen molar-refractivity contribution in [2.75, 3.05) is 24.3 Å². The maximum atomic E-state index is 12.4. The largest absolute Gasteiger partial charge is 0.495 e. The van der Waals surface area contributed by atoms with E-state index in [2.05, 4.69) is 10.6 Å². The maximum absolute atomic E-state index is 12.4. The van der Waals surface area contributed by atoms with Crippen molar-refractivity contribution in [2.45, 2.75) is 25.7 Å². The molecule has 1 aliphatic heterocycles. The molecule has 4 nitrogen and oxygen atoms in total. The molecule has 0 bridgehead atoms. The number of hydrogen-bond acceptors (Lipinski definition) is 3. The Balaban J connectivity index is 1.98. The molecule has 1 fully saturated rings. The van der Waals surface area contributed by atoms with Crippen LogP contribution in [0.2, 0.25) is 0 Å². The van der Waals surface area contributed by atoms with Crippen LogP contribution >= 0.6 is 0 Å². The quantitative estimate of drug-likeness (QED) is 0.801. The summed E-state index contributed by atoms with van der Waals surface area (Å²) in [5.41, 5.74) is 1.49. The van der Waals surface area contributed by atoms with E-state index in [-0.39, 0.29) is 11.3 Å². The zero-order valence-corrected chi connectivity index (χ0v) is 10.6. The molecule has 0 unspecified atom stereocenters.